The van der Waals surface area contributed by atoms with Crippen LogP contribution in [0.2, 0.25) is 0 Å². The second-order valence-electron chi connectivity index (χ2n) is 7.53. The van der Waals surface area contributed by atoms with E-state index in [4.69, 9.17) is 4.74 Å². The van der Waals surface area contributed by atoms with Gasteiger partial charge < -0.3 is 19.8 Å². The molecule has 1 aliphatic heterocycles. The number of hydrogen-bond donors (Lipinski definition) is 2. The minimum absolute atomic E-state index is 0.0364. The van der Waals surface area contributed by atoms with Crippen LogP contribution in [0.4, 0.5) is 0 Å². The molecule has 1 amide bonds. The molecular weight excluding hydrogens is 370 g/mol. The summed E-state index contributed by atoms with van der Waals surface area (Å²) in [5.74, 6) is -0.631. The zero-order valence-electron chi connectivity index (χ0n) is 16.6. The fourth-order valence-corrected chi connectivity index (χ4v) is 3.77. The fourth-order valence-electron chi connectivity index (χ4n) is 3.77. The molecule has 6 nitrogen and oxygen atoms in total. The zero-order chi connectivity index (χ0) is 20.9. The molecule has 0 unspecified atom stereocenters. The van der Waals surface area contributed by atoms with Gasteiger partial charge in [0.2, 0.25) is 0 Å². The molecule has 1 heterocycles. The van der Waals surface area contributed by atoms with Crippen molar-refractivity contribution in [2.75, 3.05) is 19.7 Å². The number of aliphatic hydroxyl groups excluding tert-OH is 1. The van der Waals surface area contributed by atoms with E-state index < -0.39 is 17.5 Å². The number of ether oxygens (including phenoxy) is 1. The van der Waals surface area contributed by atoms with Crippen molar-refractivity contribution in [3.63, 3.8) is 0 Å². The molecule has 0 bridgehead atoms. The largest absolute Gasteiger partial charge is 0.494 e. The zero-order valence-corrected chi connectivity index (χ0v) is 16.6. The van der Waals surface area contributed by atoms with Crippen LogP contribution in [0.15, 0.2) is 54.6 Å². The number of carboxylic acid groups (broad SMARTS) is 1. The third-order valence-electron chi connectivity index (χ3n) is 5.43. The van der Waals surface area contributed by atoms with Gasteiger partial charge in [-0.15, -0.1) is 0 Å². The highest BCUT2D eigenvalue weighted by molar-refractivity contribution is 5.95. The molecule has 1 aliphatic rings. The van der Waals surface area contributed by atoms with Crippen LogP contribution in [-0.4, -0.2) is 52.8 Å². The number of aliphatic hydroxyl groups is 1. The molecule has 2 aromatic carbocycles. The van der Waals surface area contributed by atoms with E-state index in [2.05, 4.69) is 0 Å². The molecule has 6 heteroatoms. The lowest BCUT2D eigenvalue weighted by Crippen LogP contribution is -2.58. The van der Waals surface area contributed by atoms with Crippen molar-refractivity contribution in [1.82, 2.24) is 4.90 Å². The number of benzene rings is 2. The summed E-state index contributed by atoms with van der Waals surface area (Å²) in [5, 5.41) is 20.6. The summed E-state index contributed by atoms with van der Waals surface area (Å²) in [5.41, 5.74) is -0.135. The van der Waals surface area contributed by atoms with Crippen LogP contribution in [0.3, 0.4) is 0 Å². The second kappa shape index (κ2) is 9.09. The molecule has 29 heavy (non-hydrogen) atoms. The Morgan fingerprint density at radius 3 is 2.45 bits per heavy atom. The van der Waals surface area contributed by atoms with Gasteiger partial charge in [0.05, 0.1) is 12.7 Å². The highest BCUT2D eigenvalue weighted by Crippen LogP contribution is 2.35. The van der Waals surface area contributed by atoms with Gasteiger partial charge in [-0.25, -0.2) is 0 Å². The van der Waals surface area contributed by atoms with Gasteiger partial charge >= 0.3 is 5.97 Å². The first-order valence-electron chi connectivity index (χ1n) is 9.94. The Hall–Kier alpha value is -2.86. The maximum Gasteiger partial charge on any atom is 0.314 e. The number of piperidine rings is 1. The number of nitrogens with zero attached hydrogens (tertiary/aromatic N) is 1. The lowest BCUT2D eigenvalue weighted by molar-refractivity contribution is -0.161. The van der Waals surface area contributed by atoms with E-state index >= 15 is 0 Å². The molecule has 0 aliphatic carbocycles. The van der Waals surface area contributed by atoms with Crippen molar-refractivity contribution >= 4 is 11.9 Å². The van der Waals surface area contributed by atoms with Gasteiger partial charge in [-0.3, -0.25) is 9.59 Å². The number of rotatable bonds is 7. The van der Waals surface area contributed by atoms with Crippen molar-refractivity contribution in [1.29, 1.82) is 0 Å². The van der Waals surface area contributed by atoms with Gasteiger partial charge in [-0.05, 0) is 49.1 Å². The van der Waals surface area contributed by atoms with Crippen molar-refractivity contribution in [2.45, 2.75) is 32.3 Å². The predicted octanol–water partition coefficient (Wildman–Crippen LogP) is 3.00. The Kier molecular flexibility index (Phi) is 6.54. The standard InChI is InChI=1S/C23H27NO5/c1-2-14-29-19-10-8-18(9-11-19)21(26)24-13-12-20(25)23(16-24,22(27)28)15-17-6-4-3-5-7-17/h3-11,20,25H,2,12-16H2,1H3,(H,27,28)/t20-,23-/m1/s1. The van der Waals surface area contributed by atoms with Crippen LogP contribution < -0.4 is 4.74 Å². The number of amides is 1. The smallest absolute Gasteiger partial charge is 0.314 e. The van der Waals surface area contributed by atoms with Crippen molar-refractivity contribution in [3.05, 3.63) is 65.7 Å². The Morgan fingerprint density at radius 2 is 1.83 bits per heavy atom. The highest BCUT2D eigenvalue weighted by Gasteiger charge is 2.50. The molecule has 1 fully saturated rings. The molecule has 0 saturated carbocycles. The molecular formula is C23H27NO5. The van der Waals surface area contributed by atoms with E-state index in [0.29, 0.717) is 24.5 Å². The summed E-state index contributed by atoms with van der Waals surface area (Å²) in [6, 6.07) is 16.1. The van der Waals surface area contributed by atoms with Crippen LogP contribution in [0.5, 0.6) is 5.75 Å². The maximum atomic E-state index is 13.0. The molecule has 0 radical (unpaired) electrons. The fraction of sp³-hybridized carbons (Fsp3) is 0.391. The van der Waals surface area contributed by atoms with E-state index in [9.17, 15) is 19.8 Å². The summed E-state index contributed by atoms with van der Waals surface area (Å²) in [6.07, 6.45) is 0.268. The first-order valence-corrected chi connectivity index (χ1v) is 9.94. The van der Waals surface area contributed by atoms with Gasteiger partial charge in [-0.1, -0.05) is 37.3 Å². The van der Waals surface area contributed by atoms with E-state index in [1.54, 1.807) is 24.3 Å². The number of carboxylic acids is 1. The molecule has 2 aromatic rings. The summed E-state index contributed by atoms with van der Waals surface area (Å²) in [4.78, 5) is 26.8. The van der Waals surface area contributed by atoms with Crippen LogP contribution >= 0.6 is 0 Å². The average molecular weight is 397 g/mol. The van der Waals surface area contributed by atoms with Crippen LogP contribution in [0.25, 0.3) is 0 Å². The van der Waals surface area contributed by atoms with Crippen molar-refractivity contribution in [3.8, 4) is 5.75 Å². The Balaban J connectivity index is 1.80. The van der Waals surface area contributed by atoms with E-state index in [1.807, 2.05) is 37.3 Å². The molecule has 1 saturated heterocycles. The normalized spacial score (nSPS) is 21.6. The Bertz CT molecular complexity index is 836. The quantitative estimate of drug-likeness (QED) is 0.750. The van der Waals surface area contributed by atoms with E-state index in [0.717, 1.165) is 12.0 Å². The minimum atomic E-state index is -1.43. The van der Waals surface area contributed by atoms with Crippen LogP contribution in [0, 0.1) is 5.41 Å². The topological polar surface area (TPSA) is 87.1 Å². The highest BCUT2D eigenvalue weighted by atomic mass is 16.5. The van der Waals surface area contributed by atoms with Gasteiger partial charge in [0.1, 0.15) is 11.2 Å². The number of aliphatic carboxylic acids is 1. The van der Waals surface area contributed by atoms with E-state index in [1.165, 1.54) is 4.90 Å². The molecule has 0 spiro atoms. The third-order valence-corrected chi connectivity index (χ3v) is 5.43. The predicted molar refractivity (Wildman–Crippen MR) is 109 cm³/mol. The Labute approximate surface area is 170 Å². The van der Waals surface area contributed by atoms with E-state index in [-0.39, 0.29) is 25.3 Å². The van der Waals surface area contributed by atoms with Gasteiger partial charge in [0.25, 0.3) is 5.91 Å². The summed E-state index contributed by atoms with van der Waals surface area (Å²) in [7, 11) is 0. The third kappa shape index (κ3) is 4.59. The second-order valence-corrected chi connectivity index (χ2v) is 7.53. The summed E-state index contributed by atoms with van der Waals surface area (Å²) >= 11 is 0. The van der Waals surface area contributed by atoms with Crippen molar-refractivity contribution in [2.24, 2.45) is 5.41 Å². The monoisotopic (exact) mass is 397 g/mol. The number of carbonyl (C=O) groups excluding carboxylic acids is 1. The first kappa shape index (κ1) is 20.9. The summed E-state index contributed by atoms with van der Waals surface area (Å²) < 4.78 is 5.54. The first-order chi connectivity index (χ1) is 14.0. The average Bonchev–Trinajstić information content (AvgIpc) is 2.74. The molecule has 2 N–H and O–H groups in total. The molecule has 2 atom stereocenters. The lowest BCUT2D eigenvalue weighted by atomic mass is 9.72. The maximum absolute atomic E-state index is 13.0. The lowest BCUT2D eigenvalue weighted by Gasteiger charge is -2.43. The van der Waals surface area contributed by atoms with Gasteiger partial charge in [0, 0.05) is 18.7 Å². The number of likely N-dealkylation sites (tertiary alicyclic amines) is 1. The minimum Gasteiger partial charge on any atom is -0.494 e. The summed E-state index contributed by atoms with van der Waals surface area (Å²) in [6.45, 7) is 2.91. The SMILES string of the molecule is CCCOc1ccc(C(=O)N2CC[C@@H](O)[C@](Cc3ccccc3)(C(=O)O)C2)cc1. The van der Waals surface area contributed by atoms with Crippen molar-refractivity contribution < 1.29 is 24.5 Å². The van der Waals surface area contributed by atoms with Crippen LogP contribution in [-0.2, 0) is 11.2 Å². The Morgan fingerprint density at radius 1 is 1.14 bits per heavy atom. The van der Waals surface area contributed by atoms with Gasteiger partial charge in [0.15, 0.2) is 0 Å². The molecule has 154 valence electrons. The number of carbonyl (C=O) groups is 2. The molecule has 3 rings (SSSR count). The van der Waals surface area contributed by atoms with Gasteiger partial charge in [-0.2, -0.15) is 0 Å². The van der Waals surface area contributed by atoms with Crippen LogP contribution in [0.1, 0.15) is 35.7 Å². The molecule has 0 aromatic heterocycles. The number of hydrogen-bond acceptors (Lipinski definition) is 4.